The van der Waals surface area contributed by atoms with Gasteiger partial charge in [-0.2, -0.15) is 5.10 Å². The van der Waals surface area contributed by atoms with Crippen LogP contribution in [0.4, 0.5) is 5.82 Å². The molecule has 0 spiro atoms. The molecule has 172 valence electrons. The van der Waals surface area contributed by atoms with Crippen LogP contribution in [0.15, 0.2) is 55.1 Å². The molecule has 4 aromatic heterocycles. The molecule has 0 amide bonds. The molecule has 0 aliphatic heterocycles. The summed E-state index contributed by atoms with van der Waals surface area (Å²) in [5.74, 6) is 0.909. The molecule has 1 aliphatic rings. The van der Waals surface area contributed by atoms with Crippen LogP contribution in [0.2, 0.25) is 0 Å². The van der Waals surface area contributed by atoms with Crippen molar-refractivity contribution in [3.05, 3.63) is 55.1 Å². The molecule has 1 saturated carbocycles. The predicted molar refractivity (Wildman–Crippen MR) is 131 cm³/mol. The van der Waals surface area contributed by atoms with Crippen LogP contribution in [0.3, 0.4) is 0 Å². The van der Waals surface area contributed by atoms with E-state index >= 15 is 0 Å². The number of rotatable bonds is 6. The number of imidazole rings is 1. The quantitative estimate of drug-likeness (QED) is 0.436. The molecule has 5 rings (SSSR count). The first kappa shape index (κ1) is 21.6. The fourth-order valence-electron chi connectivity index (χ4n) is 4.77. The fourth-order valence-corrected chi connectivity index (χ4v) is 4.77. The van der Waals surface area contributed by atoms with Crippen molar-refractivity contribution >= 4 is 11.5 Å². The Morgan fingerprint density at radius 1 is 1.12 bits per heavy atom. The van der Waals surface area contributed by atoms with Gasteiger partial charge in [-0.3, -0.25) is 9.08 Å². The van der Waals surface area contributed by atoms with E-state index in [-0.39, 0.29) is 5.41 Å². The van der Waals surface area contributed by atoms with Gasteiger partial charge in [-0.15, -0.1) is 0 Å². The second-order valence-electron chi connectivity index (χ2n) is 10.5. The molecule has 7 heteroatoms. The molecule has 1 unspecified atom stereocenters. The number of pyridine rings is 2. The number of nitrogens with zero attached hydrogens (tertiary/aromatic N) is 5. The number of nitrogens with one attached hydrogen (secondary N) is 1. The summed E-state index contributed by atoms with van der Waals surface area (Å²) in [6.45, 7) is 8.66. The topological polar surface area (TPSA) is 80.3 Å². The van der Waals surface area contributed by atoms with Crippen molar-refractivity contribution < 1.29 is 5.11 Å². The summed E-state index contributed by atoms with van der Waals surface area (Å²) < 4.78 is 3.85. The highest BCUT2D eigenvalue weighted by atomic mass is 16.3. The van der Waals surface area contributed by atoms with Gasteiger partial charge < -0.3 is 10.4 Å². The van der Waals surface area contributed by atoms with Crippen LogP contribution < -0.4 is 5.32 Å². The number of hydrogen-bond donors (Lipinski definition) is 2. The third-order valence-corrected chi connectivity index (χ3v) is 6.61. The van der Waals surface area contributed by atoms with Crippen molar-refractivity contribution in [3.8, 4) is 22.5 Å². The number of hydrogen-bond acceptors (Lipinski definition) is 5. The minimum Gasteiger partial charge on any atom is -0.389 e. The van der Waals surface area contributed by atoms with E-state index in [1.165, 1.54) is 19.3 Å². The molecule has 4 heterocycles. The SMILES string of the molecule is CC(C)(O)Cn1cc(-c2ccc3ncc(-c4cccc(NC5CCCC5(C)C)n4)n3c2)cn1. The normalized spacial score (nSPS) is 18.2. The van der Waals surface area contributed by atoms with E-state index < -0.39 is 5.60 Å². The van der Waals surface area contributed by atoms with E-state index in [0.717, 1.165) is 34.0 Å². The average molecular weight is 445 g/mol. The fraction of sp³-hybridized carbons (Fsp3) is 0.423. The zero-order chi connectivity index (χ0) is 23.2. The van der Waals surface area contributed by atoms with Gasteiger partial charge in [0.05, 0.1) is 35.9 Å². The molecule has 0 aromatic carbocycles. The maximum Gasteiger partial charge on any atom is 0.137 e. The van der Waals surface area contributed by atoms with Crippen molar-refractivity contribution in [2.75, 3.05) is 5.32 Å². The van der Waals surface area contributed by atoms with E-state index in [9.17, 15) is 5.11 Å². The highest BCUT2D eigenvalue weighted by Crippen LogP contribution is 2.39. The summed E-state index contributed by atoms with van der Waals surface area (Å²) >= 11 is 0. The van der Waals surface area contributed by atoms with Crippen LogP contribution in [-0.4, -0.2) is 40.9 Å². The molecular formula is C26H32N6O. The Kier molecular flexibility index (Phi) is 5.24. The lowest BCUT2D eigenvalue weighted by Crippen LogP contribution is -2.31. The Hall–Kier alpha value is -3.19. The zero-order valence-corrected chi connectivity index (χ0v) is 19.8. The molecule has 1 atom stereocenters. The van der Waals surface area contributed by atoms with Gasteiger partial charge in [0.1, 0.15) is 11.5 Å². The molecule has 1 aliphatic carbocycles. The van der Waals surface area contributed by atoms with Gasteiger partial charge in [-0.05, 0) is 56.4 Å². The second kappa shape index (κ2) is 7.99. The van der Waals surface area contributed by atoms with Gasteiger partial charge in [0.2, 0.25) is 0 Å². The van der Waals surface area contributed by atoms with Crippen LogP contribution >= 0.6 is 0 Å². The molecule has 0 saturated heterocycles. The summed E-state index contributed by atoms with van der Waals surface area (Å²) in [4.78, 5) is 9.51. The van der Waals surface area contributed by atoms with Gasteiger partial charge in [0.15, 0.2) is 0 Å². The number of anilines is 1. The Balaban J connectivity index is 1.45. The van der Waals surface area contributed by atoms with E-state index in [0.29, 0.717) is 12.6 Å². The van der Waals surface area contributed by atoms with Crippen molar-refractivity contribution in [1.82, 2.24) is 24.1 Å². The summed E-state index contributed by atoms with van der Waals surface area (Å²) in [5, 5.41) is 18.2. The maximum atomic E-state index is 10.1. The van der Waals surface area contributed by atoms with Gasteiger partial charge in [0.25, 0.3) is 0 Å². The summed E-state index contributed by atoms with van der Waals surface area (Å²) in [6.07, 6.45) is 11.4. The van der Waals surface area contributed by atoms with Crippen molar-refractivity contribution in [1.29, 1.82) is 0 Å². The molecule has 4 aromatic rings. The monoisotopic (exact) mass is 444 g/mol. The maximum absolute atomic E-state index is 10.1. The van der Waals surface area contributed by atoms with E-state index in [1.54, 1.807) is 18.5 Å². The lowest BCUT2D eigenvalue weighted by molar-refractivity contribution is 0.0577. The van der Waals surface area contributed by atoms with E-state index in [1.807, 2.05) is 42.9 Å². The molecule has 0 bridgehead atoms. The van der Waals surface area contributed by atoms with Crippen molar-refractivity contribution in [2.24, 2.45) is 5.41 Å². The molecule has 7 nitrogen and oxygen atoms in total. The Morgan fingerprint density at radius 3 is 2.73 bits per heavy atom. The number of fused-ring (bicyclic) bond motifs is 1. The minimum atomic E-state index is -0.816. The van der Waals surface area contributed by atoms with Crippen LogP contribution in [0.1, 0.15) is 47.0 Å². The van der Waals surface area contributed by atoms with Crippen molar-refractivity contribution in [2.45, 2.75) is 65.1 Å². The second-order valence-corrected chi connectivity index (χ2v) is 10.5. The Labute approximate surface area is 194 Å². The molecule has 1 fully saturated rings. The highest BCUT2D eigenvalue weighted by Gasteiger charge is 2.34. The first-order chi connectivity index (χ1) is 15.7. The Morgan fingerprint density at radius 2 is 1.97 bits per heavy atom. The summed E-state index contributed by atoms with van der Waals surface area (Å²) in [5.41, 5.74) is 4.20. The van der Waals surface area contributed by atoms with Crippen LogP contribution in [-0.2, 0) is 6.54 Å². The molecular weight excluding hydrogens is 412 g/mol. The standard InChI is InChI=1S/C26H32N6O/c1-25(2)12-6-8-22(25)30-23-9-5-7-20(29-23)21-14-27-24-11-10-18(16-32(21)24)19-13-28-31(15-19)17-26(3,4)33/h5,7,9-11,13-16,22,33H,6,8,12,17H2,1-4H3,(H,29,30). The first-order valence-corrected chi connectivity index (χ1v) is 11.6. The van der Waals surface area contributed by atoms with Crippen LogP contribution in [0, 0.1) is 5.41 Å². The largest absolute Gasteiger partial charge is 0.389 e. The minimum absolute atomic E-state index is 0.283. The third kappa shape index (κ3) is 4.50. The third-order valence-electron chi connectivity index (χ3n) is 6.61. The number of aliphatic hydroxyl groups is 1. The lowest BCUT2D eigenvalue weighted by Gasteiger charge is -2.28. The van der Waals surface area contributed by atoms with Gasteiger partial charge in [-0.1, -0.05) is 26.3 Å². The summed E-state index contributed by atoms with van der Waals surface area (Å²) in [7, 11) is 0. The lowest BCUT2D eigenvalue weighted by atomic mass is 9.87. The summed E-state index contributed by atoms with van der Waals surface area (Å²) in [6, 6.07) is 10.6. The van der Waals surface area contributed by atoms with Gasteiger partial charge in [0, 0.05) is 29.6 Å². The van der Waals surface area contributed by atoms with Crippen LogP contribution in [0.25, 0.3) is 28.2 Å². The molecule has 0 radical (unpaired) electrons. The van der Waals surface area contributed by atoms with E-state index in [2.05, 4.69) is 45.9 Å². The zero-order valence-electron chi connectivity index (χ0n) is 19.8. The van der Waals surface area contributed by atoms with Crippen molar-refractivity contribution in [3.63, 3.8) is 0 Å². The van der Waals surface area contributed by atoms with Crippen LogP contribution in [0.5, 0.6) is 0 Å². The predicted octanol–water partition coefficient (Wildman–Crippen LogP) is 5.02. The van der Waals surface area contributed by atoms with E-state index in [4.69, 9.17) is 4.98 Å². The highest BCUT2D eigenvalue weighted by molar-refractivity contribution is 5.67. The number of aromatic nitrogens is 5. The first-order valence-electron chi connectivity index (χ1n) is 11.6. The molecule has 2 N–H and O–H groups in total. The van der Waals surface area contributed by atoms with Gasteiger partial charge >= 0.3 is 0 Å². The van der Waals surface area contributed by atoms with Gasteiger partial charge in [-0.25, -0.2) is 9.97 Å². The average Bonchev–Trinajstić information content (AvgIpc) is 3.45. The Bertz CT molecular complexity index is 1280. The molecule has 33 heavy (non-hydrogen) atoms. The smallest absolute Gasteiger partial charge is 0.137 e.